The molecule has 5 heteroatoms. The Morgan fingerprint density at radius 2 is 1.88 bits per heavy atom. The SMILES string of the molecule is CCOC(=O)C=Cc1cnn(Cc2ccccc2)c1-c1ccc(F)cc1. The summed E-state index contributed by atoms with van der Waals surface area (Å²) in [4.78, 5) is 11.6. The van der Waals surface area contributed by atoms with Crippen LogP contribution in [-0.2, 0) is 16.1 Å². The molecule has 4 nitrogen and oxygen atoms in total. The van der Waals surface area contributed by atoms with Crippen molar-refractivity contribution in [3.8, 4) is 11.3 Å². The van der Waals surface area contributed by atoms with Crippen LogP contribution in [0.1, 0.15) is 18.1 Å². The van der Waals surface area contributed by atoms with E-state index in [9.17, 15) is 9.18 Å². The van der Waals surface area contributed by atoms with Crippen LogP contribution >= 0.6 is 0 Å². The summed E-state index contributed by atoms with van der Waals surface area (Å²) in [5, 5.41) is 4.45. The molecule has 1 aromatic heterocycles. The molecule has 0 saturated heterocycles. The summed E-state index contributed by atoms with van der Waals surface area (Å²) in [6.45, 7) is 2.65. The van der Waals surface area contributed by atoms with Gasteiger partial charge in [-0.05, 0) is 42.8 Å². The molecule has 0 fully saturated rings. The quantitative estimate of drug-likeness (QED) is 0.491. The summed E-state index contributed by atoms with van der Waals surface area (Å²) >= 11 is 0. The van der Waals surface area contributed by atoms with E-state index in [1.54, 1.807) is 31.3 Å². The van der Waals surface area contributed by atoms with E-state index < -0.39 is 5.97 Å². The molecule has 0 atom stereocenters. The van der Waals surface area contributed by atoms with E-state index in [-0.39, 0.29) is 5.82 Å². The number of benzene rings is 2. The van der Waals surface area contributed by atoms with E-state index in [2.05, 4.69) is 5.10 Å². The van der Waals surface area contributed by atoms with Crippen LogP contribution in [-0.4, -0.2) is 22.4 Å². The van der Waals surface area contributed by atoms with Gasteiger partial charge in [0.15, 0.2) is 0 Å². The van der Waals surface area contributed by atoms with Crippen molar-refractivity contribution in [1.29, 1.82) is 0 Å². The minimum absolute atomic E-state index is 0.300. The Morgan fingerprint density at radius 1 is 1.15 bits per heavy atom. The van der Waals surface area contributed by atoms with Crippen LogP contribution in [0.3, 0.4) is 0 Å². The molecule has 3 aromatic rings. The first-order chi connectivity index (χ1) is 12.7. The van der Waals surface area contributed by atoms with Crippen molar-refractivity contribution in [3.05, 3.63) is 83.8 Å². The number of hydrogen-bond donors (Lipinski definition) is 0. The zero-order valence-electron chi connectivity index (χ0n) is 14.4. The van der Waals surface area contributed by atoms with Crippen molar-refractivity contribution in [2.45, 2.75) is 13.5 Å². The number of aromatic nitrogens is 2. The Balaban J connectivity index is 1.99. The lowest BCUT2D eigenvalue weighted by atomic mass is 10.1. The molecule has 1 heterocycles. The number of hydrogen-bond acceptors (Lipinski definition) is 3. The average molecular weight is 350 g/mol. The maximum Gasteiger partial charge on any atom is 0.330 e. The highest BCUT2D eigenvalue weighted by Crippen LogP contribution is 2.26. The summed E-state index contributed by atoms with van der Waals surface area (Å²) in [7, 11) is 0. The van der Waals surface area contributed by atoms with Crippen molar-refractivity contribution in [2.24, 2.45) is 0 Å². The fourth-order valence-electron chi connectivity index (χ4n) is 2.67. The van der Waals surface area contributed by atoms with E-state index in [1.165, 1.54) is 18.2 Å². The van der Waals surface area contributed by atoms with Crippen molar-refractivity contribution in [3.63, 3.8) is 0 Å². The summed E-state index contributed by atoms with van der Waals surface area (Å²) in [6.07, 6.45) is 4.74. The van der Waals surface area contributed by atoms with Gasteiger partial charge in [-0.15, -0.1) is 0 Å². The molecule has 132 valence electrons. The molecule has 0 bridgehead atoms. The topological polar surface area (TPSA) is 44.1 Å². The number of carbonyl (C=O) groups is 1. The second-order valence-electron chi connectivity index (χ2n) is 5.68. The lowest BCUT2D eigenvalue weighted by Gasteiger charge is -2.09. The second kappa shape index (κ2) is 8.25. The molecule has 0 N–H and O–H groups in total. The maximum atomic E-state index is 13.3. The van der Waals surface area contributed by atoms with Gasteiger partial charge < -0.3 is 4.74 Å². The van der Waals surface area contributed by atoms with Crippen LogP contribution in [0.2, 0.25) is 0 Å². The summed E-state index contributed by atoms with van der Waals surface area (Å²) in [5.41, 5.74) is 3.50. The van der Waals surface area contributed by atoms with Gasteiger partial charge >= 0.3 is 5.97 Å². The highest BCUT2D eigenvalue weighted by atomic mass is 19.1. The number of esters is 1. The minimum atomic E-state index is -0.409. The number of ether oxygens (including phenoxy) is 1. The minimum Gasteiger partial charge on any atom is -0.463 e. The summed E-state index contributed by atoms with van der Waals surface area (Å²) in [6, 6.07) is 16.2. The Labute approximate surface area is 151 Å². The van der Waals surface area contributed by atoms with E-state index in [4.69, 9.17) is 4.74 Å². The molecule has 0 aliphatic rings. The molecule has 0 radical (unpaired) electrons. The molecule has 0 amide bonds. The van der Waals surface area contributed by atoms with E-state index in [1.807, 2.05) is 35.0 Å². The molecule has 0 spiro atoms. The Morgan fingerprint density at radius 3 is 2.58 bits per heavy atom. The van der Waals surface area contributed by atoms with Gasteiger partial charge in [-0.25, -0.2) is 9.18 Å². The molecule has 0 aliphatic heterocycles. The molecular weight excluding hydrogens is 331 g/mol. The molecule has 3 rings (SSSR count). The first kappa shape index (κ1) is 17.6. The van der Waals surface area contributed by atoms with Crippen molar-refractivity contribution < 1.29 is 13.9 Å². The van der Waals surface area contributed by atoms with E-state index >= 15 is 0 Å². The third kappa shape index (κ3) is 4.25. The van der Waals surface area contributed by atoms with Gasteiger partial charge in [0.05, 0.1) is 25.0 Å². The number of halogens is 1. The van der Waals surface area contributed by atoms with Gasteiger partial charge in [0.2, 0.25) is 0 Å². The monoisotopic (exact) mass is 350 g/mol. The maximum absolute atomic E-state index is 13.3. The predicted octanol–water partition coefficient (Wildman–Crippen LogP) is 4.31. The summed E-state index contributed by atoms with van der Waals surface area (Å²) < 4.78 is 20.1. The largest absolute Gasteiger partial charge is 0.463 e. The zero-order chi connectivity index (χ0) is 18.4. The molecule has 0 saturated carbocycles. The van der Waals surface area contributed by atoms with Crippen molar-refractivity contribution >= 4 is 12.0 Å². The normalized spacial score (nSPS) is 11.0. The number of nitrogens with zero attached hydrogens (tertiary/aromatic N) is 2. The van der Waals surface area contributed by atoms with Gasteiger partial charge in [-0.2, -0.15) is 5.10 Å². The third-order valence-corrected chi connectivity index (χ3v) is 3.85. The highest BCUT2D eigenvalue weighted by Gasteiger charge is 2.12. The van der Waals surface area contributed by atoms with Gasteiger partial charge in [-0.3, -0.25) is 4.68 Å². The van der Waals surface area contributed by atoms with Crippen LogP contribution in [0.15, 0.2) is 66.9 Å². The van der Waals surface area contributed by atoms with Crippen LogP contribution in [0.4, 0.5) is 4.39 Å². The molecule has 2 aromatic carbocycles. The fraction of sp³-hybridized carbons (Fsp3) is 0.143. The molecule has 0 aliphatic carbocycles. The second-order valence-corrected chi connectivity index (χ2v) is 5.68. The van der Waals surface area contributed by atoms with Crippen LogP contribution < -0.4 is 0 Å². The molecular formula is C21H19FN2O2. The van der Waals surface area contributed by atoms with Crippen LogP contribution in [0, 0.1) is 5.82 Å². The Bertz CT molecular complexity index is 900. The van der Waals surface area contributed by atoms with Gasteiger partial charge in [0, 0.05) is 17.2 Å². The molecule has 0 unspecified atom stereocenters. The highest BCUT2D eigenvalue weighted by molar-refractivity contribution is 5.88. The van der Waals surface area contributed by atoms with Crippen LogP contribution in [0.5, 0.6) is 0 Å². The van der Waals surface area contributed by atoms with Gasteiger partial charge in [-0.1, -0.05) is 30.3 Å². The van der Waals surface area contributed by atoms with Gasteiger partial charge in [0.1, 0.15) is 5.82 Å². The lowest BCUT2D eigenvalue weighted by Crippen LogP contribution is -2.04. The van der Waals surface area contributed by atoms with Crippen molar-refractivity contribution in [1.82, 2.24) is 9.78 Å². The first-order valence-corrected chi connectivity index (χ1v) is 8.38. The lowest BCUT2D eigenvalue weighted by molar-refractivity contribution is -0.137. The number of carbonyl (C=O) groups excluding carboxylic acids is 1. The smallest absolute Gasteiger partial charge is 0.330 e. The van der Waals surface area contributed by atoms with Gasteiger partial charge in [0.25, 0.3) is 0 Å². The van der Waals surface area contributed by atoms with E-state index in [0.29, 0.717) is 13.2 Å². The Kier molecular flexibility index (Phi) is 5.59. The standard InChI is InChI=1S/C21H19FN2O2/c1-2-26-20(25)13-10-18-14-23-24(15-16-6-4-3-5-7-16)21(18)17-8-11-19(22)12-9-17/h3-14H,2,15H2,1H3. The van der Waals surface area contributed by atoms with E-state index in [0.717, 1.165) is 22.4 Å². The Hall–Kier alpha value is -3.21. The van der Waals surface area contributed by atoms with Crippen molar-refractivity contribution in [2.75, 3.05) is 6.61 Å². The summed E-state index contributed by atoms with van der Waals surface area (Å²) in [5.74, 6) is -0.708. The number of rotatable bonds is 6. The molecule has 26 heavy (non-hydrogen) atoms. The fourth-order valence-corrected chi connectivity index (χ4v) is 2.67. The average Bonchev–Trinajstić information content (AvgIpc) is 3.04. The zero-order valence-corrected chi connectivity index (χ0v) is 14.4. The predicted molar refractivity (Wildman–Crippen MR) is 98.8 cm³/mol. The first-order valence-electron chi connectivity index (χ1n) is 8.38. The third-order valence-electron chi connectivity index (χ3n) is 3.85. The van der Waals surface area contributed by atoms with Crippen LogP contribution in [0.25, 0.3) is 17.3 Å².